The van der Waals surface area contributed by atoms with E-state index in [-0.39, 0.29) is 17.5 Å². The molecule has 0 saturated heterocycles. The van der Waals surface area contributed by atoms with Crippen molar-refractivity contribution in [3.8, 4) is 0 Å². The second-order valence-corrected chi connectivity index (χ2v) is 12.1. The third-order valence-corrected chi connectivity index (χ3v) is 10.9. The minimum Gasteiger partial charge on any atom is -0.382 e. The van der Waals surface area contributed by atoms with Crippen LogP contribution in [0.25, 0.3) is 0 Å². The molecule has 35 heavy (non-hydrogen) atoms. The van der Waals surface area contributed by atoms with E-state index in [9.17, 15) is 14.4 Å². The van der Waals surface area contributed by atoms with Gasteiger partial charge in [0.25, 0.3) is 0 Å². The first kappa shape index (κ1) is 20.4. The molecule has 6 aliphatic rings. The molecule has 178 valence electrons. The van der Waals surface area contributed by atoms with E-state index in [2.05, 4.69) is 5.32 Å². The number of rotatable bonds is 0. The van der Waals surface area contributed by atoms with Crippen molar-refractivity contribution in [1.29, 1.82) is 0 Å². The highest BCUT2D eigenvalue weighted by Gasteiger charge is 2.59. The monoisotopic (exact) mass is 465 g/mol. The Balaban J connectivity index is 1.23. The van der Waals surface area contributed by atoms with Gasteiger partial charge in [0.1, 0.15) is 5.78 Å². The van der Waals surface area contributed by atoms with Gasteiger partial charge in [-0.15, -0.1) is 0 Å². The standard InChI is InChI=1S/C31H31NO3/c33-29-18-6-2-1-5-15(18)16-11-12-25-28-17(9-10-21(29)27(16)28)22-13-23-24(14-26(22)32-25)31(35)20-8-4-3-7-19(20)30(23)34/h3-4,7-8,13-18,21,25,27-28,32H,1-2,5-6,9-12H2/t15-,16+,17-,18-,21+,25+,27-,28-/m0/s1. The Labute approximate surface area is 205 Å². The van der Waals surface area contributed by atoms with Crippen LogP contribution < -0.4 is 5.32 Å². The summed E-state index contributed by atoms with van der Waals surface area (Å²) in [6, 6.07) is 11.6. The maximum absolute atomic E-state index is 13.7. The summed E-state index contributed by atoms with van der Waals surface area (Å²) in [7, 11) is 0. The van der Waals surface area contributed by atoms with E-state index in [1.807, 2.05) is 24.3 Å². The van der Waals surface area contributed by atoms with Gasteiger partial charge >= 0.3 is 0 Å². The number of ketones is 3. The fourth-order valence-corrected chi connectivity index (χ4v) is 9.63. The van der Waals surface area contributed by atoms with E-state index in [0.29, 0.717) is 69.6 Å². The number of hydrogen-bond acceptors (Lipinski definition) is 4. The number of carbonyl (C=O) groups excluding carboxylic acids is 3. The summed E-state index contributed by atoms with van der Waals surface area (Å²) in [4.78, 5) is 40.4. The van der Waals surface area contributed by atoms with Crippen LogP contribution in [0.2, 0.25) is 0 Å². The molecule has 2 aromatic rings. The molecule has 0 spiro atoms. The topological polar surface area (TPSA) is 63.2 Å². The number of anilines is 1. The smallest absolute Gasteiger partial charge is 0.194 e. The van der Waals surface area contributed by atoms with Crippen LogP contribution in [-0.4, -0.2) is 23.4 Å². The molecule has 4 heteroatoms. The van der Waals surface area contributed by atoms with Crippen LogP contribution in [0.5, 0.6) is 0 Å². The van der Waals surface area contributed by atoms with Crippen molar-refractivity contribution in [2.75, 3.05) is 5.32 Å². The second-order valence-electron chi connectivity index (χ2n) is 12.1. The molecule has 4 nitrogen and oxygen atoms in total. The van der Waals surface area contributed by atoms with Crippen molar-refractivity contribution >= 4 is 23.0 Å². The number of Topliss-reactive ketones (excluding diaryl/α,β-unsaturated/α-hetero) is 1. The number of carbonyl (C=O) groups is 3. The van der Waals surface area contributed by atoms with Crippen molar-refractivity contribution in [1.82, 2.24) is 0 Å². The molecule has 0 unspecified atom stereocenters. The van der Waals surface area contributed by atoms with Gasteiger partial charge in [-0.1, -0.05) is 37.1 Å². The van der Waals surface area contributed by atoms with Crippen LogP contribution in [0.4, 0.5) is 5.69 Å². The van der Waals surface area contributed by atoms with Gasteiger partial charge in [0.05, 0.1) is 0 Å². The Bertz CT molecular complexity index is 1310. The van der Waals surface area contributed by atoms with E-state index >= 15 is 0 Å². The fourth-order valence-electron chi connectivity index (χ4n) is 9.63. The number of benzene rings is 2. The minimum atomic E-state index is -0.0458. The summed E-state index contributed by atoms with van der Waals surface area (Å²) < 4.78 is 0. The highest BCUT2D eigenvalue weighted by atomic mass is 16.1. The third-order valence-electron chi connectivity index (χ3n) is 10.9. The van der Waals surface area contributed by atoms with E-state index < -0.39 is 0 Å². The highest BCUT2D eigenvalue weighted by Crippen LogP contribution is 2.63. The van der Waals surface area contributed by atoms with E-state index in [0.717, 1.165) is 31.4 Å². The van der Waals surface area contributed by atoms with Crippen LogP contribution in [0.3, 0.4) is 0 Å². The first-order chi connectivity index (χ1) is 17.1. The number of nitrogens with one attached hydrogen (secondary N) is 1. The van der Waals surface area contributed by atoms with Gasteiger partial charge in [-0.05, 0) is 85.8 Å². The molecule has 1 heterocycles. The van der Waals surface area contributed by atoms with Gasteiger partial charge in [0.15, 0.2) is 11.6 Å². The molecule has 1 aliphatic heterocycles. The van der Waals surface area contributed by atoms with Crippen LogP contribution in [0, 0.1) is 35.5 Å². The molecule has 0 bridgehead atoms. The zero-order valence-electron chi connectivity index (χ0n) is 20.0. The molecule has 4 saturated carbocycles. The average molecular weight is 466 g/mol. The van der Waals surface area contributed by atoms with Gasteiger partial charge in [-0.25, -0.2) is 0 Å². The second kappa shape index (κ2) is 7.15. The van der Waals surface area contributed by atoms with E-state index in [4.69, 9.17) is 0 Å². The average Bonchev–Trinajstić information content (AvgIpc) is 2.90. The largest absolute Gasteiger partial charge is 0.382 e. The van der Waals surface area contributed by atoms with Crippen molar-refractivity contribution in [3.05, 3.63) is 64.2 Å². The highest BCUT2D eigenvalue weighted by molar-refractivity contribution is 6.28. The quantitative estimate of drug-likeness (QED) is 0.457. The number of fused-ring (bicyclic) bond motifs is 6. The summed E-state index contributed by atoms with van der Waals surface area (Å²) in [5.74, 6) is 3.66. The van der Waals surface area contributed by atoms with Gasteiger partial charge in [-0.2, -0.15) is 0 Å². The summed E-state index contributed by atoms with van der Waals surface area (Å²) in [6.07, 6.45) is 9.24. The van der Waals surface area contributed by atoms with E-state index in [1.165, 1.54) is 31.2 Å². The maximum Gasteiger partial charge on any atom is 0.194 e. The molecule has 0 radical (unpaired) electrons. The lowest BCUT2D eigenvalue weighted by Crippen LogP contribution is -2.60. The minimum absolute atomic E-state index is 0.0341. The van der Waals surface area contributed by atoms with Gasteiger partial charge < -0.3 is 5.32 Å². The summed E-state index contributed by atoms with van der Waals surface area (Å²) in [6.45, 7) is 0. The molecule has 5 aliphatic carbocycles. The predicted molar refractivity (Wildman–Crippen MR) is 133 cm³/mol. The molecule has 4 fully saturated rings. The molecule has 2 aromatic carbocycles. The fraction of sp³-hybridized carbons (Fsp3) is 0.516. The zero-order valence-corrected chi connectivity index (χ0v) is 20.0. The first-order valence-corrected chi connectivity index (χ1v) is 13.8. The van der Waals surface area contributed by atoms with Gasteiger partial charge in [-0.3, -0.25) is 14.4 Å². The van der Waals surface area contributed by atoms with E-state index in [1.54, 1.807) is 12.1 Å². The Morgan fingerprint density at radius 1 is 0.629 bits per heavy atom. The van der Waals surface area contributed by atoms with Crippen LogP contribution in [0.15, 0.2) is 36.4 Å². The van der Waals surface area contributed by atoms with Crippen molar-refractivity contribution in [2.45, 2.75) is 63.3 Å². The molecular weight excluding hydrogens is 434 g/mol. The first-order valence-electron chi connectivity index (χ1n) is 13.8. The molecule has 8 rings (SSSR count). The van der Waals surface area contributed by atoms with Gasteiger partial charge in [0, 0.05) is 45.8 Å². The Hall–Kier alpha value is -2.75. The lowest BCUT2D eigenvalue weighted by molar-refractivity contribution is -0.150. The molecule has 0 amide bonds. The summed E-state index contributed by atoms with van der Waals surface area (Å²) in [5.41, 5.74) is 4.40. The SMILES string of the molecule is O=C1c2ccccc2C(=O)c2cc3c(cc21)N[C@@H]1CC[C@@H]2[C@@H]4CCCC[C@@H]4C(=O)[C@@H]4CC[C@@H]3[C@@H]1[C@@H]24. The molecule has 8 atom stereocenters. The lowest BCUT2D eigenvalue weighted by atomic mass is 9.45. The third kappa shape index (κ3) is 2.61. The molecular formula is C31H31NO3. The number of hydrogen-bond donors (Lipinski definition) is 1. The Morgan fingerprint density at radius 3 is 2.14 bits per heavy atom. The predicted octanol–water partition coefficient (Wildman–Crippen LogP) is 5.78. The molecule has 0 aromatic heterocycles. The van der Waals surface area contributed by atoms with Gasteiger partial charge in [0.2, 0.25) is 0 Å². The van der Waals surface area contributed by atoms with Crippen molar-refractivity contribution in [2.24, 2.45) is 35.5 Å². The van der Waals surface area contributed by atoms with Crippen molar-refractivity contribution in [3.63, 3.8) is 0 Å². The maximum atomic E-state index is 13.7. The van der Waals surface area contributed by atoms with Crippen molar-refractivity contribution < 1.29 is 14.4 Å². The Morgan fingerprint density at radius 2 is 1.34 bits per heavy atom. The summed E-state index contributed by atoms with van der Waals surface area (Å²) in [5, 5.41) is 3.84. The Kier molecular flexibility index (Phi) is 4.18. The normalized spacial score (nSPS) is 38.3. The van der Waals surface area contributed by atoms with Crippen LogP contribution >= 0.6 is 0 Å². The summed E-state index contributed by atoms with van der Waals surface area (Å²) >= 11 is 0. The lowest BCUT2D eigenvalue weighted by Gasteiger charge is -2.61. The van der Waals surface area contributed by atoms with Crippen LogP contribution in [-0.2, 0) is 4.79 Å². The van der Waals surface area contributed by atoms with Crippen LogP contribution in [0.1, 0.15) is 94.7 Å². The zero-order chi connectivity index (χ0) is 23.4. The molecule has 1 N–H and O–H groups in total.